The Morgan fingerprint density at radius 2 is 2.25 bits per heavy atom. The quantitative estimate of drug-likeness (QED) is 0.742. The van der Waals surface area contributed by atoms with E-state index < -0.39 is 0 Å². The van der Waals surface area contributed by atoms with Crippen molar-refractivity contribution in [3.05, 3.63) is 18.3 Å². The van der Waals surface area contributed by atoms with Gasteiger partial charge in [0, 0.05) is 24.5 Å². The zero-order chi connectivity index (χ0) is 11.8. The van der Waals surface area contributed by atoms with Crippen molar-refractivity contribution in [3.8, 4) is 0 Å². The molecular weight excluding hydrogens is 198 g/mol. The van der Waals surface area contributed by atoms with Gasteiger partial charge in [-0.2, -0.15) is 0 Å². The van der Waals surface area contributed by atoms with Crippen LogP contribution in [0.1, 0.15) is 39.5 Å². The van der Waals surface area contributed by atoms with Gasteiger partial charge in [-0.1, -0.05) is 33.1 Å². The van der Waals surface area contributed by atoms with Crippen LogP contribution < -0.4 is 11.1 Å². The summed E-state index contributed by atoms with van der Waals surface area (Å²) in [6.07, 6.45) is 6.83. The van der Waals surface area contributed by atoms with Crippen LogP contribution in [-0.4, -0.2) is 11.5 Å². The average Bonchev–Trinajstić information content (AvgIpc) is 2.29. The lowest BCUT2D eigenvalue weighted by atomic mass is 9.99. The van der Waals surface area contributed by atoms with Gasteiger partial charge >= 0.3 is 0 Å². The lowest BCUT2D eigenvalue weighted by Crippen LogP contribution is -2.14. The highest BCUT2D eigenvalue weighted by Crippen LogP contribution is 2.14. The number of nitrogens with zero attached hydrogens (tertiary/aromatic N) is 1. The van der Waals surface area contributed by atoms with Gasteiger partial charge in [-0.15, -0.1) is 0 Å². The molecule has 0 spiro atoms. The van der Waals surface area contributed by atoms with Gasteiger partial charge in [0.15, 0.2) is 0 Å². The van der Waals surface area contributed by atoms with Crippen LogP contribution >= 0.6 is 0 Å². The summed E-state index contributed by atoms with van der Waals surface area (Å²) in [4.78, 5) is 4.23. The summed E-state index contributed by atoms with van der Waals surface area (Å²) in [5.41, 5.74) is 6.46. The summed E-state index contributed by atoms with van der Waals surface area (Å²) in [6.45, 7) is 5.47. The summed E-state index contributed by atoms with van der Waals surface area (Å²) in [5.74, 6) is 1.62. The first kappa shape index (κ1) is 12.8. The highest BCUT2D eigenvalue weighted by atomic mass is 15.0. The minimum Gasteiger partial charge on any atom is -0.399 e. The Kier molecular flexibility index (Phi) is 5.68. The number of nitrogen functional groups attached to an aromatic ring is 1. The molecule has 0 aliphatic rings. The van der Waals surface area contributed by atoms with Crippen LogP contribution in [-0.2, 0) is 0 Å². The number of nitrogens with two attached hydrogens (primary N) is 1. The largest absolute Gasteiger partial charge is 0.399 e. The number of unbranched alkanes of at least 4 members (excludes halogenated alkanes) is 1. The zero-order valence-corrected chi connectivity index (χ0v) is 10.4. The Bertz CT molecular complexity index is 299. The molecule has 1 aromatic rings. The molecule has 0 radical (unpaired) electrons. The number of anilines is 2. The maximum atomic E-state index is 5.70. The van der Waals surface area contributed by atoms with Crippen LogP contribution in [0.2, 0.25) is 0 Å². The van der Waals surface area contributed by atoms with Gasteiger partial charge in [0.05, 0.1) is 0 Å². The van der Waals surface area contributed by atoms with E-state index in [0.717, 1.165) is 24.0 Å². The Morgan fingerprint density at radius 3 is 2.88 bits per heavy atom. The molecule has 0 aliphatic heterocycles. The predicted octanol–water partition coefficient (Wildman–Crippen LogP) is 3.29. The molecule has 0 aliphatic carbocycles. The normalized spacial score (nSPS) is 12.4. The van der Waals surface area contributed by atoms with Crippen LogP contribution in [0, 0.1) is 5.92 Å². The van der Waals surface area contributed by atoms with E-state index in [1.807, 2.05) is 6.07 Å². The third-order valence-corrected chi connectivity index (χ3v) is 2.90. The molecule has 1 unspecified atom stereocenters. The van der Waals surface area contributed by atoms with Crippen molar-refractivity contribution in [1.82, 2.24) is 4.98 Å². The van der Waals surface area contributed by atoms with Crippen molar-refractivity contribution in [2.75, 3.05) is 17.6 Å². The first-order chi connectivity index (χ1) is 7.76. The smallest absolute Gasteiger partial charge is 0.127 e. The van der Waals surface area contributed by atoms with Crippen LogP contribution in [0.4, 0.5) is 11.5 Å². The summed E-state index contributed by atoms with van der Waals surface area (Å²) in [7, 11) is 0. The van der Waals surface area contributed by atoms with E-state index in [-0.39, 0.29) is 0 Å². The number of nitrogens with one attached hydrogen (secondary N) is 1. The molecule has 0 saturated carbocycles. The molecule has 1 aromatic heterocycles. The van der Waals surface area contributed by atoms with Crippen molar-refractivity contribution >= 4 is 11.5 Å². The molecule has 16 heavy (non-hydrogen) atoms. The second-order valence-corrected chi connectivity index (χ2v) is 4.27. The maximum Gasteiger partial charge on any atom is 0.127 e. The fraction of sp³-hybridized carbons (Fsp3) is 0.615. The molecule has 0 fully saturated rings. The third kappa shape index (κ3) is 4.51. The minimum atomic E-state index is 0.739. The lowest BCUT2D eigenvalue weighted by Gasteiger charge is -2.15. The summed E-state index contributed by atoms with van der Waals surface area (Å²) < 4.78 is 0. The predicted molar refractivity (Wildman–Crippen MR) is 70.4 cm³/mol. The molecule has 0 saturated heterocycles. The van der Waals surface area contributed by atoms with Gasteiger partial charge in [-0.05, 0) is 18.4 Å². The van der Waals surface area contributed by atoms with Gasteiger partial charge in [-0.3, -0.25) is 0 Å². The Hall–Kier alpha value is -1.25. The summed E-state index contributed by atoms with van der Waals surface area (Å²) >= 11 is 0. The number of aromatic nitrogens is 1. The fourth-order valence-corrected chi connectivity index (χ4v) is 1.74. The Balaban J connectivity index is 2.37. The number of pyridine rings is 1. The number of rotatable bonds is 7. The molecule has 1 heterocycles. The average molecular weight is 221 g/mol. The standard InChI is InChI=1S/C13H23N3/c1-3-5-6-11(4-2)10-16-13-9-12(14)7-8-15-13/h7-9,11H,3-6,10H2,1-2H3,(H3,14,15,16). The van der Waals surface area contributed by atoms with Crippen molar-refractivity contribution < 1.29 is 0 Å². The highest BCUT2D eigenvalue weighted by molar-refractivity contribution is 5.48. The second kappa shape index (κ2) is 7.09. The molecule has 3 nitrogen and oxygen atoms in total. The topological polar surface area (TPSA) is 50.9 Å². The Morgan fingerprint density at radius 1 is 1.44 bits per heavy atom. The number of hydrogen-bond acceptors (Lipinski definition) is 3. The molecule has 3 N–H and O–H groups in total. The van der Waals surface area contributed by atoms with Gasteiger partial charge in [0.25, 0.3) is 0 Å². The molecule has 90 valence electrons. The van der Waals surface area contributed by atoms with Crippen molar-refractivity contribution in [1.29, 1.82) is 0 Å². The van der Waals surface area contributed by atoms with Crippen molar-refractivity contribution in [2.24, 2.45) is 5.92 Å². The monoisotopic (exact) mass is 221 g/mol. The maximum absolute atomic E-state index is 5.70. The molecule has 0 amide bonds. The Labute approximate surface area is 98.5 Å². The summed E-state index contributed by atoms with van der Waals surface area (Å²) in [6, 6.07) is 3.69. The molecule has 0 bridgehead atoms. The van der Waals surface area contributed by atoms with E-state index in [0.29, 0.717) is 0 Å². The van der Waals surface area contributed by atoms with Gasteiger partial charge < -0.3 is 11.1 Å². The third-order valence-electron chi connectivity index (χ3n) is 2.90. The van der Waals surface area contributed by atoms with Crippen LogP contribution in [0.15, 0.2) is 18.3 Å². The fourth-order valence-electron chi connectivity index (χ4n) is 1.74. The number of hydrogen-bond donors (Lipinski definition) is 2. The first-order valence-corrected chi connectivity index (χ1v) is 6.21. The van der Waals surface area contributed by atoms with Gasteiger partial charge in [-0.25, -0.2) is 4.98 Å². The van der Waals surface area contributed by atoms with Crippen LogP contribution in [0.25, 0.3) is 0 Å². The van der Waals surface area contributed by atoms with Gasteiger partial charge in [0.1, 0.15) is 5.82 Å². The van der Waals surface area contributed by atoms with E-state index in [2.05, 4.69) is 24.1 Å². The highest BCUT2D eigenvalue weighted by Gasteiger charge is 2.05. The molecule has 1 atom stereocenters. The molecular formula is C13H23N3. The molecule has 0 aromatic carbocycles. The minimum absolute atomic E-state index is 0.739. The zero-order valence-electron chi connectivity index (χ0n) is 10.4. The van der Waals surface area contributed by atoms with E-state index in [1.54, 1.807) is 12.3 Å². The molecule has 3 heteroatoms. The van der Waals surface area contributed by atoms with E-state index >= 15 is 0 Å². The van der Waals surface area contributed by atoms with Crippen LogP contribution in [0.3, 0.4) is 0 Å². The second-order valence-electron chi connectivity index (χ2n) is 4.27. The van der Waals surface area contributed by atoms with Crippen molar-refractivity contribution in [2.45, 2.75) is 39.5 Å². The van der Waals surface area contributed by atoms with Crippen LogP contribution in [0.5, 0.6) is 0 Å². The van der Waals surface area contributed by atoms with Crippen molar-refractivity contribution in [3.63, 3.8) is 0 Å². The van der Waals surface area contributed by atoms with E-state index in [9.17, 15) is 0 Å². The van der Waals surface area contributed by atoms with E-state index in [4.69, 9.17) is 5.73 Å². The molecule has 1 rings (SSSR count). The SMILES string of the molecule is CCCCC(CC)CNc1cc(N)ccn1. The van der Waals surface area contributed by atoms with E-state index in [1.165, 1.54) is 25.7 Å². The summed E-state index contributed by atoms with van der Waals surface area (Å²) in [5, 5.41) is 3.35. The van der Waals surface area contributed by atoms with Gasteiger partial charge in [0.2, 0.25) is 0 Å². The first-order valence-electron chi connectivity index (χ1n) is 6.21. The lowest BCUT2D eigenvalue weighted by molar-refractivity contribution is 0.472.